The monoisotopic (exact) mass is 269 g/mol. The van der Waals surface area contributed by atoms with Crippen LogP contribution >= 0.6 is 11.8 Å². The zero-order valence-corrected chi connectivity index (χ0v) is 9.79. The van der Waals surface area contributed by atoms with Crippen LogP contribution in [0.4, 0.5) is 8.78 Å². The summed E-state index contributed by atoms with van der Waals surface area (Å²) in [6.45, 7) is -0.818. The van der Waals surface area contributed by atoms with Gasteiger partial charge in [0.05, 0.1) is 18.9 Å². The van der Waals surface area contributed by atoms with Crippen molar-refractivity contribution in [1.82, 2.24) is 4.90 Å². The third kappa shape index (κ3) is 4.47. The second-order valence-corrected chi connectivity index (χ2v) is 4.43. The van der Waals surface area contributed by atoms with Crippen LogP contribution < -0.4 is 0 Å². The summed E-state index contributed by atoms with van der Waals surface area (Å²) in [6, 6.07) is -0.817. The second-order valence-electron chi connectivity index (χ2n) is 3.43. The molecule has 1 aliphatic heterocycles. The first-order chi connectivity index (χ1) is 8.02. The summed E-state index contributed by atoms with van der Waals surface area (Å²) in [5.74, 6) is -0.739. The molecule has 0 aromatic heterocycles. The maximum atomic E-state index is 11.7. The molecule has 5 nitrogen and oxygen atoms in total. The standard InChI is InChI=1S/C9H13F2NO4S/c10-7(11)3-16-2-1-8(13)12-5-17-4-6(12)9(14)15/h6-7H,1-5H2,(H,14,15)/t6-/m0/s1. The Hall–Kier alpha value is -0.890. The molecule has 0 aromatic carbocycles. The molecule has 0 saturated carbocycles. The Balaban J connectivity index is 2.29. The number of nitrogens with zero attached hydrogens (tertiary/aromatic N) is 1. The summed E-state index contributed by atoms with van der Waals surface area (Å²) >= 11 is 1.35. The molecule has 0 bridgehead atoms. The number of thioether (sulfide) groups is 1. The van der Waals surface area contributed by atoms with Gasteiger partial charge in [0.15, 0.2) is 0 Å². The molecule has 0 aromatic rings. The number of aliphatic carboxylic acids is 1. The summed E-state index contributed by atoms with van der Waals surface area (Å²) in [6.07, 6.45) is -2.63. The van der Waals surface area contributed by atoms with Gasteiger partial charge in [-0.3, -0.25) is 4.79 Å². The van der Waals surface area contributed by atoms with Gasteiger partial charge in [-0.05, 0) is 0 Å². The summed E-state index contributed by atoms with van der Waals surface area (Å²) in [7, 11) is 0. The SMILES string of the molecule is O=C(O)[C@@H]1CSCN1C(=O)CCOCC(F)F. The van der Waals surface area contributed by atoms with Crippen molar-refractivity contribution in [2.75, 3.05) is 24.8 Å². The Kier molecular flexibility index (Phi) is 5.63. The average Bonchev–Trinajstić information content (AvgIpc) is 2.72. The highest BCUT2D eigenvalue weighted by atomic mass is 32.2. The van der Waals surface area contributed by atoms with Crippen LogP contribution in [0.25, 0.3) is 0 Å². The number of alkyl halides is 2. The first kappa shape index (κ1) is 14.2. The largest absolute Gasteiger partial charge is 0.480 e. The van der Waals surface area contributed by atoms with E-state index in [9.17, 15) is 18.4 Å². The van der Waals surface area contributed by atoms with E-state index < -0.39 is 25.0 Å². The molecule has 1 fully saturated rings. The lowest BCUT2D eigenvalue weighted by Crippen LogP contribution is -2.42. The van der Waals surface area contributed by atoms with Gasteiger partial charge in [-0.1, -0.05) is 0 Å². The maximum absolute atomic E-state index is 11.7. The quantitative estimate of drug-likeness (QED) is 0.717. The van der Waals surface area contributed by atoms with E-state index >= 15 is 0 Å². The number of carbonyl (C=O) groups excluding carboxylic acids is 1. The van der Waals surface area contributed by atoms with Gasteiger partial charge in [0.25, 0.3) is 6.43 Å². The van der Waals surface area contributed by atoms with Gasteiger partial charge in [-0.15, -0.1) is 11.8 Å². The molecule has 1 heterocycles. The average molecular weight is 269 g/mol. The molecule has 0 unspecified atom stereocenters. The summed E-state index contributed by atoms with van der Waals surface area (Å²) in [5, 5.41) is 8.84. The van der Waals surface area contributed by atoms with Gasteiger partial charge >= 0.3 is 5.97 Å². The van der Waals surface area contributed by atoms with Crippen LogP contribution in [0.5, 0.6) is 0 Å². The number of halogens is 2. The van der Waals surface area contributed by atoms with Crippen molar-refractivity contribution < 1.29 is 28.2 Å². The number of hydrogen-bond acceptors (Lipinski definition) is 4. The van der Waals surface area contributed by atoms with Crippen LogP contribution in [0.1, 0.15) is 6.42 Å². The van der Waals surface area contributed by atoms with Crippen molar-refractivity contribution in [3.63, 3.8) is 0 Å². The zero-order chi connectivity index (χ0) is 12.8. The summed E-state index contributed by atoms with van der Waals surface area (Å²) < 4.78 is 28.0. The van der Waals surface area contributed by atoms with Crippen LogP contribution in [0.3, 0.4) is 0 Å². The third-order valence-corrected chi connectivity index (χ3v) is 3.20. The van der Waals surface area contributed by atoms with Crippen LogP contribution in [-0.4, -0.2) is 59.2 Å². The predicted octanol–water partition coefficient (Wildman–Crippen LogP) is 0.644. The molecule has 0 aliphatic carbocycles. The molecule has 1 rings (SSSR count). The molecule has 1 atom stereocenters. The van der Waals surface area contributed by atoms with Crippen molar-refractivity contribution in [2.24, 2.45) is 0 Å². The van der Waals surface area contributed by atoms with E-state index in [0.717, 1.165) is 0 Å². The molecule has 1 amide bonds. The van der Waals surface area contributed by atoms with Crippen LogP contribution in [-0.2, 0) is 14.3 Å². The first-order valence-electron chi connectivity index (χ1n) is 4.98. The minimum absolute atomic E-state index is 0.0724. The topological polar surface area (TPSA) is 66.8 Å². The molecule has 98 valence electrons. The van der Waals surface area contributed by atoms with Gasteiger partial charge < -0.3 is 14.7 Å². The van der Waals surface area contributed by atoms with E-state index in [2.05, 4.69) is 4.74 Å². The predicted molar refractivity (Wildman–Crippen MR) is 57.0 cm³/mol. The number of carboxylic acid groups (broad SMARTS) is 1. The highest BCUT2D eigenvalue weighted by Crippen LogP contribution is 2.21. The van der Waals surface area contributed by atoms with Gasteiger partial charge in [-0.25, -0.2) is 13.6 Å². The zero-order valence-electron chi connectivity index (χ0n) is 8.97. The minimum Gasteiger partial charge on any atom is -0.480 e. The van der Waals surface area contributed by atoms with Crippen LogP contribution in [0.2, 0.25) is 0 Å². The Morgan fingerprint density at radius 3 is 2.82 bits per heavy atom. The fraction of sp³-hybridized carbons (Fsp3) is 0.778. The Labute approximate surface area is 101 Å². The lowest BCUT2D eigenvalue weighted by atomic mass is 10.3. The lowest BCUT2D eigenvalue weighted by Gasteiger charge is -2.20. The normalized spacial score (nSPS) is 19.9. The molecule has 0 spiro atoms. The van der Waals surface area contributed by atoms with E-state index in [4.69, 9.17) is 5.11 Å². The number of rotatable bonds is 6. The number of ether oxygens (including phenoxy) is 1. The van der Waals surface area contributed by atoms with E-state index in [1.807, 2.05) is 0 Å². The van der Waals surface area contributed by atoms with Crippen LogP contribution in [0.15, 0.2) is 0 Å². The van der Waals surface area contributed by atoms with Crippen molar-refractivity contribution in [2.45, 2.75) is 18.9 Å². The minimum atomic E-state index is -2.56. The van der Waals surface area contributed by atoms with Gasteiger partial charge in [0.2, 0.25) is 5.91 Å². The van der Waals surface area contributed by atoms with Crippen molar-refractivity contribution in [3.05, 3.63) is 0 Å². The smallest absolute Gasteiger partial charge is 0.327 e. The highest BCUT2D eigenvalue weighted by molar-refractivity contribution is 7.99. The molecule has 0 radical (unpaired) electrons. The molecule has 17 heavy (non-hydrogen) atoms. The molecular formula is C9H13F2NO4S. The molecule has 1 saturated heterocycles. The summed E-state index contributed by atoms with van der Waals surface area (Å²) in [4.78, 5) is 23.6. The number of amides is 1. The molecular weight excluding hydrogens is 256 g/mol. The van der Waals surface area contributed by atoms with Crippen molar-refractivity contribution in [1.29, 1.82) is 0 Å². The van der Waals surface area contributed by atoms with Crippen molar-refractivity contribution in [3.8, 4) is 0 Å². The molecule has 8 heteroatoms. The molecule has 1 aliphatic rings. The second kappa shape index (κ2) is 6.75. The number of carboxylic acids is 1. The first-order valence-corrected chi connectivity index (χ1v) is 6.13. The Morgan fingerprint density at radius 2 is 2.24 bits per heavy atom. The number of hydrogen-bond donors (Lipinski definition) is 1. The van der Waals surface area contributed by atoms with E-state index in [1.54, 1.807) is 0 Å². The van der Waals surface area contributed by atoms with E-state index in [1.165, 1.54) is 16.7 Å². The highest BCUT2D eigenvalue weighted by Gasteiger charge is 2.34. The van der Waals surface area contributed by atoms with Crippen molar-refractivity contribution >= 4 is 23.6 Å². The summed E-state index contributed by atoms with van der Waals surface area (Å²) in [5.41, 5.74) is 0. The fourth-order valence-corrected chi connectivity index (χ4v) is 2.54. The van der Waals surface area contributed by atoms with E-state index in [-0.39, 0.29) is 18.9 Å². The van der Waals surface area contributed by atoms with E-state index in [0.29, 0.717) is 11.6 Å². The van der Waals surface area contributed by atoms with Gasteiger partial charge in [0, 0.05) is 5.75 Å². The Bertz CT molecular complexity index is 290. The maximum Gasteiger partial charge on any atom is 0.327 e. The Morgan fingerprint density at radius 1 is 1.53 bits per heavy atom. The lowest BCUT2D eigenvalue weighted by molar-refractivity contribution is -0.148. The van der Waals surface area contributed by atoms with Crippen LogP contribution in [0, 0.1) is 0 Å². The van der Waals surface area contributed by atoms with Gasteiger partial charge in [0.1, 0.15) is 12.6 Å². The molecule has 1 N–H and O–H groups in total. The number of carbonyl (C=O) groups is 2. The fourth-order valence-electron chi connectivity index (χ4n) is 1.37. The third-order valence-electron chi connectivity index (χ3n) is 2.19. The van der Waals surface area contributed by atoms with Gasteiger partial charge in [-0.2, -0.15) is 0 Å².